The molecule has 0 aliphatic heterocycles. The van der Waals surface area contributed by atoms with Crippen LogP contribution >= 0.6 is 0 Å². The molecular formula is C14H15N3O2. The van der Waals surface area contributed by atoms with Crippen molar-refractivity contribution in [3.05, 3.63) is 53.6 Å². The third-order valence-corrected chi connectivity index (χ3v) is 2.67. The number of para-hydroxylation sites is 1. The van der Waals surface area contributed by atoms with Crippen LogP contribution in [0.3, 0.4) is 0 Å². The summed E-state index contributed by atoms with van der Waals surface area (Å²) in [4.78, 5) is 20.0. The van der Waals surface area contributed by atoms with E-state index in [2.05, 4.69) is 15.3 Å². The predicted octanol–water partition coefficient (Wildman–Crippen LogP) is 2.09. The zero-order valence-electron chi connectivity index (χ0n) is 10.8. The van der Waals surface area contributed by atoms with Crippen LogP contribution in [0, 0.1) is 6.92 Å². The lowest BCUT2D eigenvalue weighted by molar-refractivity contribution is 0.102. The summed E-state index contributed by atoms with van der Waals surface area (Å²) in [5.41, 5.74) is 2.23. The van der Waals surface area contributed by atoms with Gasteiger partial charge in [0.1, 0.15) is 5.69 Å². The number of amides is 1. The van der Waals surface area contributed by atoms with Crippen molar-refractivity contribution in [2.45, 2.75) is 20.0 Å². The molecule has 0 aliphatic carbocycles. The molecule has 2 N–H and O–H groups in total. The van der Waals surface area contributed by atoms with Crippen LogP contribution in [0.25, 0.3) is 0 Å². The zero-order chi connectivity index (χ0) is 13.8. The van der Waals surface area contributed by atoms with Crippen molar-refractivity contribution in [2.75, 3.05) is 5.32 Å². The lowest BCUT2D eigenvalue weighted by Crippen LogP contribution is -2.15. The summed E-state index contributed by atoms with van der Waals surface area (Å²) in [7, 11) is 0. The second kappa shape index (κ2) is 5.58. The van der Waals surface area contributed by atoms with Crippen molar-refractivity contribution in [3.8, 4) is 0 Å². The maximum atomic E-state index is 12.0. The molecule has 1 amide bonds. The van der Waals surface area contributed by atoms with E-state index in [-0.39, 0.29) is 11.6 Å². The summed E-state index contributed by atoms with van der Waals surface area (Å²) in [5.74, 6) is -0.347. The van der Waals surface area contributed by atoms with Crippen LogP contribution in [0.5, 0.6) is 0 Å². The molecule has 0 fully saturated rings. The molecule has 0 saturated carbocycles. The maximum absolute atomic E-state index is 12.0. The van der Waals surface area contributed by atoms with Crippen LogP contribution in [-0.4, -0.2) is 21.0 Å². The smallest absolute Gasteiger partial charge is 0.275 e. The van der Waals surface area contributed by atoms with E-state index >= 15 is 0 Å². The van der Waals surface area contributed by atoms with E-state index in [1.807, 2.05) is 6.07 Å². The number of hydrogen-bond acceptors (Lipinski definition) is 4. The summed E-state index contributed by atoms with van der Waals surface area (Å²) in [6.45, 7) is 3.45. The number of aliphatic hydroxyl groups is 1. The monoisotopic (exact) mass is 257 g/mol. The van der Waals surface area contributed by atoms with Crippen LogP contribution in [0.2, 0.25) is 0 Å². The van der Waals surface area contributed by atoms with E-state index in [0.717, 1.165) is 5.69 Å². The fraction of sp³-hybridized carbons (Fsp3) is 0.214. The van der Waals surface area contributed by atoms with Gasteiger partial charge in [0.15, 0.2) is 0 Å². The van der Waals surface area contributed by atoms with Gasteiger partial charge >= 0.3 is 0 Å². The molecule has 2 rings (SSSR count). The van der Waals surface area contributed by atoms with E-state index in [0.29, 0.717) is 11.3 Å². The van der Waals surface area contributed by atoms with Crippen LogP contribution in [0.4, 0.5) is 5.69 Å². The molecule has 98 valence electrons. The van der Waals surface area contributed by atoms with Crippen molar-refractivity contribution in [1.82, 2.24) is 9.97 Å². The number of carbonyl (C=O) groups excluding carboxylic acids is 1. The van der Waals surface area contributed by atoms with Crippen LogP contribution in [0.15, 0.2) is 36.7 Å². The third-order valence-electron chi connectivity index (χ3n) is 2.67. The van der Waals surface area contributed by atoms with Gasteiger partial charge in [-0.3, -0.25) is 9.78 Å². The molecule has 5 heteroatoms. The molecule has 1 atom stereocenters. The topological polar surface area (TPSA) is 75.1 Å². The highest BCUT2D eigenvalue weighted by molar-refractivity contribution is 6.03. The first-order valence-corrected chi connectivity index (χ1v) is 5.95. The first kappa shape index (κ1) is 13.2. The molecule has 0 aliphatic rings. The number of aliphatic hydroxyl groups excluding tert-OH is 1. The highest BCUT2D eigenvalue weighted by atomic mass is 16.3. The standard InChI is InChI=1S/C14H15N3O2/c1-9-7-16-13(8-15-9)14(19)17-12-6-4-3-5-11(12)10(2)18/h3-8,10,18H,1-2H3,(H,17,19). The fourth-order valence-corrected chi connectivity index (χ4v) is 1.67. The molecule has 0 bridgehead atoms. The Morgan fingerprint density at radius 3 is 2.63 bits per heavy atom. The Bertz CT molecular complexity index is 579. The molecule has 19 heavy (non-hydrogen) atoms. The highest BCUT2D eigenvalue weighted by Crippen LogP contribution is 2.22. The Balaban J connectivity index is 2.22. The van der Waals surface area contributed by atoms with Crippen LogP contribution in [0.1, 0.15) is 34.8 Å². The van der Waals surface area contributed by atoms with Gasteiger partial charge in [0.2, 0.25) is 0 Å². The number of aromatic nitrogens is 2. The normalized spacial score (nSPS) is 11.9. The van der Waals surface area contributed by atoms with Crippen molar-refractivity contribution in [3.63, 3.8) is 0 Å². The van der Waals surface area contributed by atoms with Crippen molar-refractivity contribution < 1.29 is 9.90 Å². The lowest BCUT2D eigenvalue weighted by atomic mass is 10.1. The Morgan fingerprint density at radius 2 is 2.00 bits per heavy atom. The highest BCUT2D eigenvalue weighted by Gasteiger charge is 2.12. The van der Waals surface area contributed by atoms with Gasteiger partial charge in [-0.1, -0.05) is 18.2 Å². The summed E-state index contributed by atoms with van der Waals surface area (Å²) < 4.78 is 0. The van der Waals surface area contributed by atoms with Crippen molar-refractivity contribution in [2.24, 2.45) is 0 Å². The van der Waals surface area contributed by atoms with E-state index in [9.17, 15) is 9.90 Å². The van der Waals surface area contributed by atoms with Gasteiger partial charge in [-0.15, -0.1) is 0 Å². The van der Waals surface area contributed by atoms with Crippen LogP contribution < -0.4 is 5.32 Å². The number of anilines is 1. The number of hydrogen-bond donors (Lipinski definition) is 2. The van der Waals surface area contributed by atoms with Gasteiger partial charge in [-0.05, 0) is 19.9 Å². The minimum absolute atomic E-state index is 0.242. The summed E-state index contributed by atoms with van der Waals surface area (Å²) in [6, 6.07) is 7.11. The number of benzene rings is 1. The van der Waals surface area contributed by atoms with Gasteiger partial charge in [-0.25, -0.2) is 4.98 Å². The summed E-state index contributed by atoms with van der Waals surface area (Å²) in [5, 5.41) is 12.4. The molecule has 5 nitrogen and oxygen atoms in total. The molecule has 0 radical (unpaired) electrons. The Morgan fingerprint density at radius 1 is 1.26 bits per heavy atom. The second-order valence-electron chi connectivity index (χ2n) is 4.26. The van der Waals surface area contributed by atoms with Crippen LogP contribution in [-0.2, 0) is 0 Å². The van der Waals surface area contributed by atoms with Crippen molar-refractivity contribution in [1.29, 1.82) is 0 Å². The number of nitrogens with one attached hydrogen (secondary N) is 1. The quantitative estimate of drug-likeness (QED) is 0.882. The molecule has 1 aromatic carbocycles. The Kier molecular flexibility index (Phi) is 3.87. The summed E-state index contributed by atoms with van der Waals surface area (Å²) >= 11 is 0. The Hall–Kier alpha value is -2.27. The molecular weight excluding hydrogens is 242 g/mol. The third kappa shape index (κ3) is 3.14. The first-order chi connectivity index (χ1) is 9.08. The Labute approximate surface area is 111 Å². The molecule has 1 unspecified atom stereocenters. The number of rotatable bonds is 3. The molecule has 0 spiro atoms. The van der Waals surface area contributed by atoms with E-state index in [1.54, 1.807) is 32.0 Å². The fourth-order valence-electron chi connectivity index (χ4n) is 1.67. The van der Waals surface area contributed by atoms with Crippen molar-refractivity contribution >= 4 is 11.6 Å². The minimum atomic E-state index is -0.652. The maximum Gasteiger partial charge on any atom is 0.275 e. The molecule has 1 aromatic heterocycles. The average molecular weight is 257 g/mol. The second-order valence-corrected chi connectivity index (χ2v) is 4.26. The number of aryl methyl sites for hydroxylation is 1. The van der Waals surface area contributed by atoms with Gasteiger partial charge in [0, 0.05) is 17.4 Å². The SMILES string of the molecule is Cc1cnc(C(=O)Nc2ccccc2C(C)O)cn1. The van der Waals surface area contributed by atoms with Gasteiger partial charge < -0.3 is 10.4 Å². The molecule has 1 heterocycles. The van der Waals surface area contributed by atoms with E-state index < -0.39 is 6.10 Å². The van der Waals surface area contributed by atoms with Gasteiger partial charge in [0.05, 0.1) is 18.0 Å². The largest absolute Gasteiger partial charge is 0.389 e. The van der Waals surface area contributed by atoms with E-state index in [4.69, 9.17) is 0 Å². The number of carbonyl (C=O) groups is 1. The summed E-state index contributed by atoms with van der Waals surface area (Å²) in [6.07, 6.45) is 2.31. The minimum Gasteiger partial charge on any atom is -0.389 e. The lowest BCUT2D eigenvalue weighted by Gasteiger charge is -2.12. The predicted molar refractivity (Wildman–Crippen MR) is 71.8 cm³/mol. The first-order valence-electron chi connectivity index (χ1n) is 5.95. The molecule has 2 aromatic rings. The average Bonchev–Trinajstić information content (AvgIpc) is 2.39. The van der Waals surface area contributed by atoms with E-state index in [1.165, 1.54) is 12.4 Å². The zero-order valence-corrected chi connectivity index (χ0v) is 10.8. The van der Waals surface area contributed by atoms with Gasteiger partial charge in [0.25, 0.3) is 5.91 Å². The van der Waals surface area contributed by atoms with Gasteiger partial charge in [-0.2, -0.15) is 0 Å². The molecule has 0 saturated heterocycles. The number of nitrogens with zero attached hydrogens (tertiary/aromatic N) is 2.